The number of thiazole rings is 1. The molecule has 8 heteroatoms. The number of methoxy groups -OCH3 is 1. The van der Waals surface area contributed by atoms with Crippen LogP contribution in [0.2, 0.25) is 0 Å². The SMILES string of the molecule is COC(=O)CCn1c(SCc2csc(C)n2)nc2ccccc2c1=O. The van der Waals surface area contributed by atoms with Crippen molar-refractivity contribution in [1.82, 2.24) is 14.5 Å². The van der Waals surface area contributed by atoms with Gasteiger partial charge in [0.15, 0.2) is 5.16 Å². The normalized spacial score (nSPS) is 11.0. The molecule has 6 nitrogen and oxygen atoms in total. The van der Waals surface area contributed by atoms with Gasteiger partial charge in [-0.1, -0.05) is 23.9 Å². The van der Waals surface area contributed by atoms with E-state index in [1.54, 1.807) is 28.0 Å². The van der Waals surface area contributed by atoms with Crippen LogP contribution in [0, 0.1) is 6.92 Å². The van der Waals surface area contributed by atoms with Crippen LogP contribution in [0.15, 0.2) is 39.6 Å². The van der Waals surface area contributed by atoms with Crippen molar-refractivity contribution in [3.63, 3.8) is 0 Å². The minimum atomic E-state index is -0.355. The van der Waals surface area contributed by atoms with E-state index >= 15 is 0 Å². The molecule has 0 N–H and O–H groups in total. The van der Waals surface area contributed by atoms with Crippen LogP contribution < -0.4 is 5.56 Å². The number of hydrogen-bond acceptors (Lipinski definition) is 7. The summed E-state index contributed by atoms with van der Waals surface area (Å²) in [5, 5.41) is 4.13. The van der Waals surface area contributed by atoms with Crippen molar-refractivity contribution in [2.24, 2.45) is 0 Å². The molecule has 0 fully saturated rings. The van der Waals surface area contributed by atoms with E-state index in [0.29, 0.717) is 21.8 Å². The predicted octanol–water partition coefficient (Wildman–Crippen LogP) is 3.02. The van der Waals surface area contributed by atoms with Crippen molar-refractivity contribution in [2.75, 3.05) is 7.11 Å². The molecule has 3 rings (SSSR count). The van der Waals surface area contributed by atoms with Gasteiger partial charge in [0.25, 0.3) is 5.56 Å². The van der Waals surface area contributed by atoms with Crippen LogP contribution in [0.5, 0.6) is 0 Å². The zero-order valence-electron chi connectivity index (χ0n) is 13.9. The summed E-state index contributed by atoms with van der Waals surface area (Å²) in [7, 11) is 1.34. The van der Waals surface area contributed by atoms with Crippen LogP contribution in [0.25, 0.3) is 10.9 Å². The molecule has 0 aliphatic rings. The van der Waals surface area contributed by atoms with Crippen molar-refractivity contribution in [1.29, 1.82) is 0 Å². The summed E-state index contributed by atoms with van der Waals surface area (Å²) in [6.07, 6.45) is 0.125. The number of aryl methyl sites for hydroxylation is 1. The summed E-state index contributed by atoms with van der Waals surface area (Å²) < 4.78 is 6.23. The Kier molecular flexibility index (Phi) is 5.50. The van der Waals surface area contributed by atoms with Crippen LogP contribution in [0.1, 0.15) is 17.1 Å². The zero-order valence-corrected chi connectivity index (χ0v) is 15.5. The number of para-hydroxylation sites is 1. The maximum absolute atomic E-state index is 12.8. The number of nitrogens with zero attached hydrogens (tertiary/aromatic N) is 3. The lowest BCUT2D eigenvalue weighted by Crippen LogP contribution is -2.24. The molecule has 130 valence electrons. The third-order valence-electron chi connectivity index (χ3n) is 3.61. The predicted molar refractivity (Wildman–Crippen MR) is 99.0 cm³/mol. The summed E-state index contributed by atoms with van der Waals surface area (Å²) in [4.78, 5) is 33.3. The lowest BCUT2D eigenvalue weighted by Gasteiger charge is -2.12. The number of thioether (sulfide) groups is 1. The quantitative estimate of drug-likeness (QED) is 0.375. The number of esters is 1. The van der Waals surface area contributed by atoms with E-state index in [1.807, 2.05) is 24.4 Å². The molecular formula is C17H17N3O3S2. The highest BCUT2D eigenvalue weighted by Crippen LogP contribution is 2.23. The van der Waals surface area contributed by atoms with E-state index in [4.69, 9.17) is 0 Å². The maximum atomic E-state index is 12.8. The average molecular weight is 375 g/mol. The smallest absolute Gasteiger partial charge is 0.307 e. The Balaban J connectivity index is 1.95. The summed E-state index contributed by atoms with van der Waals surface area (Å²) in [5.41, 5.74) is 1.46. The number of fused-ring (bicyclic) bond motifs is 1. The van der Waals surface area contributed by atoms with E-state index in [9.17, 15) is 9.59 Å². The van der Waals surface area contributed by atoms with Crippen molar-refractivity contribution in [3.05, 3.63) is 50.7 Å². The van der Waals surface area contributed by atoms with E-state index in [1.165, 1.54) is 18.9 Å². The Morgan fingerprint density at radius 3 is 2.84 bits per heavy atom. The summed E-state index contributed by atoms with van der Waals surface area (Å²) in [6, 6.07) is 7.22. The highest BCUT2D eigenvalue weighted by Gasteiger charge is 2.13. The number of carbonyl (C=O) groups excluding carboxylic acids is 1. The Morgan fingerprint density at radius 2 is 2.12 bits per heavy atom. The second-order valence-corrected chi connectivity index (χ2v) is 7.35. The van der Waals surface area contributed by atoms with Gasteiger partial charge in [0.2, 0.25) is 0 Å². The molecule has 2 aromatic heterocycles. The van der Waals surface area contributed by atoms with E-state index in [-0.39, 0.29) is 24.5 Å². The average Bonchev–Trinajstić information content (AvgIpc) is 3.04. The van der Waals surface area contributed by atoms with Gasteiger partial charge in [-0.15, -0.1) is 11.3 Å². The highest BCUT2D eigenvalue weighted by molar-refractivity contribution is 7.98. The zero-order chi connectivity index (χ0) is 17.8. The number of carbonyl (C=O) groups is 1. The van der Waals surface area contributed by atoms with E-state index in [2.05, 4.69) is 14.7 Å². The number of benzene rings is 1. The summed E-state index contributed by atoms with van der Waals surface area (Å²) >= 11 is 3.04. The van der Waals surface area contributed by atoms with Gasteiger partial charge < -0.3 is 4.74 Å². The molecule has 0 aliphatic carbocycles. The van der Waals surface area contributed by atoms with Gasteiger partial charge in [0, 0.05) is 17.7 Å². The van der Waals surface area contributed by atoms with E-state index in [0.717, 1.165) is 10.7 Å². The molecular weight excluding hydrogens is 358 g/mol. The molecule has 0 saturated heterocycles. The van der Waals surface area contributed by atoms with Gasteiger partial charge in [-0.05, 0) is 19.1 Å². The van der Waals surface area contributed by atoms with E-state index < -0.39 is 0 Å². The van der Waals surface area contributed by atoms with Crippen molar-refractivity contribution >= 4 is 40.0 Å². The van der Waals surface area contributed by atoms with Crippen LogP contribution >= 0.6 is 23.1 Å². The van der Waals surface area contributed by atoms with Crippen molar-refractivity contribution in [2.45, 2.75) is 30.8 Å². The molecule has 25 heavy (non-hydrogen) atoms. The largest absolute Gasteiger partial charge is 0.469 e. The molecule has 2 heterocycles. The third-order valence-corrected chi connectivity index (χ3v) is 5.44. The van der Waals surface area contributed by atoms with Gasteiger partial charge in [0.1, 0.15) is 0 Å². The molecule has 0 unspecified atom stereocenters. The molecule has 0 spiro atoms. The van der Waals surface area contributed by atoms with Crippen LogP contribution in [0.3, 0.4) is 0 Å². The Labute approximate surface area is 152 Å². The first-order chi connectivity index (χ1) is 12.1. The minimum absolute atomic E-state index is 0.125. The van der Waals surface area contributed by atoms with Gasteiger partial charge in [-0.3, -0.25) is 14.2 Å². The molecule has 3 aromatic rings. The van der Waals surface area contributed by atoms with Gasteiger partial charge in [-0.2, -0.15) is 0 Å². The first kappa shape index (κ1) is 17.6. The highest BCUT2D eigenvalue weighted by atomic mass is 32.2. The van der Waals surface area contributed by atoms with Gasteiger partial charge in [-0.25, -0.2) is 9.97 Å². The number of hydrogen-bond donors (Lipinski definition) is 0. The molecule has 0 bridgehead atoms. The summed E-state index contributed by atoms with van der Waals surface area (Å²) in [6.45, 7) is 2.20. The first-order valence-corrected chi connectivity index (χ1v) is 9.55. The fraction of sp³-hybridized carbons (Fsp3) is 0.294. The molecule has 0 aliphatic heterocycles. The fourth-order valence-electron chi connectivity index (χ4n) is 2.37. The lowest BCUT2D eigenvalue weighted by atomic mass is 10.2. The lowest BCUT2D eigenvalue weighted by molar-refractivity contribution is -0.140. The van der Waals surface area contributed by atoms with Crippen LogP contribution in [0.4, 0.5) is 0 Å². The monoisotopic (exact) mass is 375 g/mol. The van der Waals surface area contributed by atoms with Crippen LogP contribution in [-0.2, 0) is 21.8 Å². The second-order valence-electron chi connectivity index (χ2n) is 5.34. The molecule has 0 radical (unpaired) electrons. The Morgan fingerprint density at radius 1 is 1.32 bits per heavy atom. The molecule has 0 saturated carbocycles. The second kappa shape index (κ2) is 7.79. The Bertz CT molecular complexity index is 965. The van der Waals surface area contributed by atoms with Gasteiger partial charge >= 0.3 is 5.97 Å². The third kappa shape index (κ3) is 4.08. The molecule has 0 atom stereocenters. The number of ether oxygens (including phenoxy) is 1. The molecule has 0 amide bonds. The van der Waals surface area contributed by atoms with Gasteiger partial charge in [0.05, 0.1) is 35.1 Å². The maximum Gasteiger partial charge on any atom is 0.307 e. The first-order valence-electron chi connectivity index (χ1n) is 7.68. The number of aromatic nitrogens is 3. The standard InChI is InChI=1S/C17H17N3O3S2/c1-11-18-12(9-24-11)10-25-17-19-14-6-4-3-5-13(14)16(22)20(17)8-7-15(21)23-2/h3-6,9H,7-8,10H2,1-2H3. The fourth-order valence-corrected chi connectivity index (χ4v) is 4.01. The van der Waals surface area contributed by atoms with Crippen molar-refractivity contribution in [3.8, 4) is 0 Å². The Hall–Kier alpha value is -2.19. The van der Waals surface area contributed by atoms with Crippen molar-refractivity contribution < 1.29 is 9.53 Å². The molecule has 1 aromatic carbocycles. The van der Waals surface area contributed by atoms with Crippen LogP contribution in [-0.4, -0.2) is 27.6 Å². The number of rotatable bonds is 6. The summed E-state index contributed by atoms with van der Waals surface area (Å²) in [5.74, 6) is 0.263. The topological polar surface area (TPSA) is 74.1 Å². The minimum Gasteiger partial charge on any atom is -0.469 e.